The van der Waals surface area contributed by atoms with Crippen molar-refractivity contribution >= 4 is 5.91 Å². The van der Waals surface area contributed by atoms with Gasteiger partial charge in [0.15, 0.2) is 0 Å². The summed E-state index contributed by atoms with van der Waals surface area (Å²) < 4.78 is 0. The van der Waals surface area contributed by atoms with Crippen molar-refractivity contribution in [1.29, 1.82) is 0 Å². The fraction of sp³-hybridized carbons (Fsp3) is 0.857. The molecular formula is C7H14N2O2. The molecule has 0 aromatic rings. The molecule has 0 spiro atoms. The number of nitrogens with zero attached hydrogens (tertiary/aromatic N) is 1. The standard InChI is InChI=1S/C7H14N2O2/c1-2-9-4-5(10)3-6(9)7(8)11/h5-6,10H,2-4H2,1H3,(H2,8,11)/t5-,6+/m1/s1. The quantitative estimate of drug-likeness (QED) is 0.537. The van der Waals surface area contributed by atoms with Crippen LogP contribution in [0.1, 0.15) is 13.3 Å². The second kappa shape index (κ2) is 3.19. The van der Waals surface area contributed by atoms with Crippen LogP contribution in [0, 0.1) is 0 Å². The summed E-state index contributed by atoms with van der Waals surface area (Å²) >= 11 is 0. The average molecular weight is 158 g/mol. The van der Waals surface area contributed by atoms with Crippen molar-refractivity contribution in [3.8, 4) is 0 Å². The lowest BCUT2D eigenvalue weighted by molar-refractivity contribution is -0.122. The Labute approximate surface area is 66.0 Å². The van der Waals surface area contributed by atoms with Crippen LogP contribution in [-0.2, 0) is 4.79 Å². The zero-order chi connectivity index (χ0) is 8.43. The van der Waals surface area contributed by atoms with Gasteiger partial charge in [-0.3, -0.25) is 9.69 Å². The van der Waals surface area contributed by atoms with E-state index in [0.717, 1.165) is 6.54 Å². The number of carbonyl (C=O) groups is 1. The van der Waals surface area contributed by atoms with Gasteiger partial charge in [0.1, 0.15) is 0 Å². The minimum atomic E-state index is -0.382. The highest BCUT2D eigenvalue weighted by Crippen LogP contribution is 2.16. The fourth-order valence-corrected chi connectivity index (χ4v) is 1.52. The van der Waals surface area contributed by atoms with E-state index < -0.39 is 0 Å². The van der Waals surface area contributed by atoms with Crippen molar-refractivity contribution < 1.29 is 9.90 Å². The molecule has 1 aliphatic heterocycles. The smallest absolute Gasteiger partial charge is 0.234 e. The molecule has 0 aromatic heterocycles. The summed E-state index contributed by atoms with van der Waals surface area (Å²) in [5.41, 5.74) is 5.13. The first-order valence-electron chi connectivity index (χ1n) is 3.86. The number of nitrogens with two attached hydrogens (primary N) is 1. The summed E-state index contributed by atoms with van der Waals surface area (Å²) in [6.45, 7) is 3.29. The second-order valence-electron chi connectivity index (χ2n) is 2.90. The maximum absolute atomic E-state index is 10.8. The molecule has 64 valence electrons. The topological polar surface area (TPSA) is 66.6 Å². The average Bonchev–Trinajstić information content (AvgIpc) is 2.30. The molecule has 2 atom stereocenters. The monoisotopic (exact) mass is 158 g/mol. The van der Waals surface area contributed by atoms with Gasteiger partial charge in [0, 0.05) is 6.54 Å². The minimum Gasteiger partial charge on any atom is -0.392 e. The highest BCUT2D eigenvalue weighted by molar-refractivity contribution is 5.80. The van der Waals surface area contributed by atoms with E-state index in [1.807, 2.05) is 11.8 Å². The first-order valence-corrected chi connectivity index (χ1v) is 3.86. The lowest BCUT2D eigenvalue weighted by Gasteiger charge is -2.18. The largest absolute Gasteiger partial charge is 0.392 e. The van der Waals surface area contributed by atoms with Crippen molar-refractivity contribution in [3.05, 3.63) is 0 Å². The zero-order valence-corrected chi connectivity index (χ0v) is 6.66. The van der Waals surface area contributed by atoms with E-state index in [4.69, 9.17) is 5.73 Å². The third-order valence-corrected chi connectivity index (χ3v) is 2.12. The number of primary amides is 1. The van der Waals surface area contributed by atoms with Gasteiger partial charge in [-0.2, -0.15) is 0 Å². The molecule has 1 amide bonds. The van der Waals surface area contributed by atoms with Gasteiger partial charge in [-0.15, -0.1) is 0 Å². The van der Waals surface area contributed by atoms with Gasteiger partial charge in [0.05, 0.1) is 12.1 Å². The summed E-state index contributed by atoms with van der Waals surface area (Å²) in [5.74, 6) is -0.330. The molecule has 0 aromatic carbocycles. The van der Waals surface area contributed by atoms with Crippen LogP contribution in [0.5, 0.6) is 0 Å². The van der Waals surface area contributed by atoms with Gasteiger partial charge in [-0.25, -0.2) is 0 Å². The molecule has 0 radical (unpaired) electrons. The molecule has 0 aliphatic carbocycles. The predicted molar refractivity (Wildman–Crippen MR) is 40.9 cm³/mol. The number of aliphatic hydroxyl groups is 1. The molecule has 1 aliphatic rings. The molecule has 4 nitrogen and oxygen atoms in total. The zero-order valence-electron chi connectivity index (χ0n) is 6.66. The second-order valence-corrected chi connectivity index (χ2v) is 2.90. The van der Waals surface area contributed by atoms with Crippen LogP contribution in [-0.4, -0.2) is 41.1 Å². The number of carbonyl (C=O) groups excluding carboxylic acids is 1. The van der Waals surface area contributed by atoms with E-state index in [0.29, 0.717) is 13.0 Å². The van der Waals surface area contributed by atoms with Gasteiger partial charge < -0.3 is 10.8 Å². The highest BCUT2D eigenvalue weighted by atomic mass is 16.3. The summed E-state index contributed by atoms with van der Waals surface area (Å²) in [6.07, 6.45) is 0.107. The summed E-state index contributed by atoms with van der Waals surface area (Å²) in [6, 6.07) is -0.255. The lowest BCUT2D eigenvalue weighted by Crippen LogP contribution is -2.39. The Balaban J connectivity index is 2.57. The van der Waals surface area contributed by atoms with Crippen molar-refractivity contribution in [2.45, 2.75) is 25.5 Å². The SMILES string of the molecule is CCN1C[C@H](O)C[C@H]1C(N)=O. The maximum Gasteiger partial charge on any atom is 0.234 e. The van der Waals surface area contributed by atoms with Crippen LogP contribution < -0.4 is 5.73 Å². The molecule has 3 N–H and O–H groups in total. The van der Waals surface area contributed by atoms with Crippen molar-refractivity contribution in [3.63, 3.8) is 0 Å². The van der Waals surface area contributed by atoms with E-state index in [2.05, 4.69) is 0 Å². The summed E-state index contributed by atoms with van der Waals surface area (Å²) in [7, 11) is 0. The molecule has 1 heterocycles. The number of β-amino-alcohol motifs (C(OH)–C–C–N with tert-alkyl or cyclic N) is 1. The van der Waals surface area contributed by atoms with Crippen LogP contribution in [0.2, 0.25) is 0 Å². The number of likely N-dealkylation sites (tertiary alicyclic amines) is 1. The molecule has 1 saturated heterocycles. The maximum atomic E-state index is 10.8. The Kier molecular flexibility index (Phi) is 2.46. The van der Waals surface area contributed by atoms with Crippen LogP contribution in [0.3, 0.4) is 0 Å². The van der Waals surface area contributed by atoms with E-state index in [-0.39, 0.29) is 18.1 Å². The number of rotatable bonds is 2. The molecule has 0 unspecified atom stereocenters. The highest BCUT2D eigenvalue weighted by Gasteiger charge is 2.33. The van der Waals surface area contributed by atoms with E-state index in [1.165, 1.54) is 0 Å². The Bertz CT molecular complexity index is 161. The number of likely N-dealkylation sites (N-methyl/N-ethyl adjacent to an activating group) is 1. The molecule has 0 bridgehead atoms. The molecule has 1 fully saturated rings. The van der Waals surface area contributed by atoms with Crippen molar-refractivity contribution in [1.82, 2.24) is 4.90 Å². The number of aliphatic hydroxyl groups excluding tert-OH is 1. The lowest BCUT2D eigenvalue weighted by atomic mass is 10.2. The normalized spacial score (nSPS) is 32.5. The number of amides is 1. The van der Waals surface area contributed by atoms with Crippen LogP contribution in [0.4, 0.5) is 0 Å². The van der Waals surface area contributed by atoms with Crippen LogP contribution in [0.25, 0.3) is 0 Å². The van der Waals surface area contributed by atoms with Crippen molar-refractivity contribution in [2.75, 3.05) is 13.1 Å². The van der Waals surface area contributed by atoms with Gasteiger partial charge in [-0.1, -0.05) is 6.92 Å². The first kappa shape index (κ1) is 8.49. The van der Waals surface area contributed by atoms with E-state index in [9.17, 15) is 9.90 Å². The Hall–Kier alpha value is -0.610. The molecular weight excluding hydrogens is 144 g/mol. The molecule has 1 rings (SSSR count). The van der Waals surface area contributed by atoms with E-state index >= 15 is 0 Å². The van der Waals surface area contributed by atoms with Crippen LogP contribution in [0.15, 0.2) is 0 Å². The first-order chi connectivity index (χ1) is 5.15. The Morgan fingerprint density at radius 3 is 2.82 bits per heavy atom. The number of hydrogen-bond donors (Lipinski definition) is 2. The van der Waals surface area contributed by atoms with E-state index in [1.54, 1.807) is 0 Å². The summed E-state index contributed by atoms with van der Waals surface area (Å²) in [4.78, 5) is 12.7. The predicted octanol–water partition coefficient (Wildman–Crippen LogP) is -1.07. The van der Waals surface area contributed by atoms with Gasteiger partial charge in [0.2, 0.25) is 5.91 Å². The Morgan fingerprint density at radius 2 is 2.45 bits per heavy atom. The van der Waals surface area contributed by atoms with Gasteiger partial charge in [0.25, 0.3) is 0 Å². The number of hydrogen-bond acceptors (Lipinski definition) is 3. The molecule has 11 heavy (non-hydrogen) atoms. The van der Waals surface area contributed by atoms with Crippen molar-refractivity contribution in [2.24, 2.45) is 5.73 Å². The minimum absolute atomic E-state index is 0.255. The third kappa shape index (κ3) is 1.70. The molecule has 0 saturated carbocycles. The summed E-state index contributed by atoms with van der Waals surface area (Å²) in [5, 5.41) is 9.20. The van der Waals surface area contributed by atoms with Gasteiger partial charge >= 0.3 is 0 Å². The molecule has 4 heteroatoms. The third-order valence-electron chi connectivity index (χ3n) is 2.12. The fourth-order valence-electron chi connectivity index (χ4n) is 1.52. The van der Waals surface area contributed by atoms with Crippen LogP contribution >= 0.6 is 0 Å². The Morgan fingerprint density at radius 1 is 1.82 bits per heavy atom. The van der Waals surface area contributed by atoms with Gasteiger partial charge in [-0.05, 0) is 13.0 Å².